The molecule has 0 bridgehead atoms. The first kappa shape index (κ1) is 11.9. The summed E-state index contributed by atoms with van der Waals surface area (Å²) >= 11 is 1.62. The quantitative estimate of drug-likeness (QED) is 0.723. The maximum atomic E-state index is 5.15. The number of aromatic nitrogens is 2. The van der Waals surface area contributed by atoms with Crippen LogP contribution in [0.3, 0.4) is 0 Å². The Hall–Kier alpha value is -2.20. The Morgan fingerprint density at radius 2 is 1.84 bits per heavy atom. The molecule has 19 heavy (non-hydrogen) atoms. The maximum Gasteiger partial charge on any atom is 0.124 e. The van der Waals surface area contributed by atoms with Crippen LogP contribution in [0.2, 0.25) is 0 Å². The Morgan fingerprint density at radius 1 is 1.00 bits per heavy atom. The number of benzene rings is 1. The van der Waals surface area contributed by atoms with Crippen LogP contribution in [-0.4, -0.2) is 17.1 Å². The summed E-state index contributed by atoms with van der Waals surface area (Å²) < 4.78 is 5.15. The first-order chi connectivity index (χ1) is 9.36. The Kier molecular flexibility index (Phi) is 3.25. The van der Waals surface area contributed by atoms with Crippen molar-refractivity contribution in [2.24, 2.45) is 0 Å². The monoisotopic (exact) mass is 268 g/mol. The molecule has 0 amide bonds. The van der Waals surface area contributed by atoms with E-state index in [9.17, 15) is 0 Å². The van der Waals surface area contributed by atoms with E-state index in [0.29, 0.717) is 0 Å². The molecule has 0 fully saturated rings. The molecule has 0 saturated carbocycles. The standard InChI is InChI=1S/C15H12N2OS/c1-18-12-7-5-11(6-8-12)15-17-14(10-19-15)13-4-2-3-9-16-13/h2-10H,1H3. The number of hydrogen-bond donors (Lipinski definition) is 0. The van der Waals surface area contributed by atoms with Gasteiger partial charge in [0.25, 0.3) is 0 Å². The molecule has 2 aromatic heterocycles. The van der Waals surface area contributed by atoms with E-state index in [1.807, 2.05) is 47.8 Å². The largest absolute Gasteiger partial charge is 0.497 e. The molecule has 0 atom stereocenters. The highest BCUT2D eigenvalue weighted by Gasteiger charge is 2.07. The molecule has 0 saturated heterocycles. The van der Waals surface area contributed by atoms with Crippen molar-refractivity contribution in [1.82, 2.24) is 9.97 Å². The number of ether oxygens (including phenoxy) is 1. The summed E-state index contributed by atoms with van der Waals surface area (Å²) in [5, 5.41) is 3.02. The lowest BCUT2D eigenvalue weighted by molar-refractivity contribution is 0.415. The normalized spacial score (nSPS) is 10.4. The number of hydrogen-bond acceptors (Lipinski definition) is 4. The smallest absolute Gasteiger partial charge is 0.124 e. The summed E-state index contributed by atoms with van der Waals surface area (Å²) in [7, 11) is 1.66. The lowest BCUT2D eigenvalue weighted by Crippen LogP contribution is -1.84. The Bertz CT molecular complexity index is 662. The molecule has 0 N–H and O–H groups in total. The van der Waals surface area contributed by atoms with Crippen LogP contribution in [0.1, 0.15) is 0 Å². The maximum absolute atomic E-state index is 5.15. The molecule has 0 radical (unpaired) electrons. The first-order valence-electron chi connectivity index (χ1n) is 5.88. The fourth-order valence-corrected chi connectivity index (χ4v) is 2.59. The van der Waals surface area contributed by atoms with Crippen molar-refractivity contribution in [2.45, 2.75) is 0 Å². The topological polar surface area (TPSA) is 35.0 Å². The molecule has 3 rings (SSSR count). The van der Waals surface area contributed by atoms with Gasteiger partial charge in [-0.05, 0) is 36.4 Å². The minimum atomic E-state index is 0.852. The van der Waals surface area contributed by atoms with Gasteiger partial charge >= 0.3 is 0 Å². The van der Waals surface area contributed by atoms with Gasteiger partial charge in [0.2, 0.25) is 0 Å². The SMILES string of the molecule is COc1ccc(-c2nc(-c3ccccn3)cs2)cc1. The van der Waals surface area contributed by atoms with Gasteiger partial charge in [-0.3, -0.25) is 4.98 Å². The summed E-state index contributed by atoms with van der Waals surface area (Å²) in [4.78, 5) is 8.93. The van der Waals surface area contributed by atoms with Gasteiger partial charge in [0.15, 0.2) is 0 Å². The van der Waals surface area contributed by atoms with Crippen molar-refractivity contribution in [2.75, 3.05) is 7.11 Å². The predicted molar refractivity (Wildman–Crippen MR) is 77.3 cm³/mol. The molecular formula is C15H12N2OS. The molecule has 0 aliphatic carbocycles. The predicted octanol–water partition coefficient (Wildman–Crippen LogP) is 3.88. The molecule has 3 aromatic rings. The van der Waals surface area contributed by atoms with Crippen LogP contribution >= 0.6 is 11.3 Å². The summed E-state index contributed by atoms with van der Waals surface area (Å²) in [6.45, 7) is 0. The van der Waals surface area contributed by atoms with E-state index in [4.69, 9.17) is 4.74 Å². The molecule has 0 aliphatic heterocycles. The highest BCUT2D eigenvalue weighted by atomic mass is 32.1. The molecule has 4 heteroatoms. The van der Waals surface area contributed by atoms with Gasteiger partial charge in [0.05, 0.1) is 12.8 Å². The van der Waals surface area contributed by atoms with Crippen molar-refractivity contribution < 1.29 is 4.74 Å². The zero-order chi connectivity index (χ0) is 13.1. The molecule has 1 aromatic carbocycles. The molecular weight excluding hydrogens is 256 g/mol. The van der Waals surface area contributed by atoms with Gasteiger partial charge in [-0.25, -0.2) is 4.98 Å². The van der Waals surface area contributed by atoms with Crippen molar-refractivity contribution >= 4 is 11.3 Å². The Morgan fingerprint density at radius 3 is 2.53 bits per heavy atom. The zero-order valence-electron chi connectivity index (χ0n) is 10.4. The summed E-state index contributed by atoms with van der Waals surface area (Å²) in [5.41, 5.74) is 2.91. The van der Waals surface area contributed by atoms with Gasteiger partial charge < -0.3 is 4.74 Å². The van der Waals surface area contributed by atoms with Gasteiger partial charge in [-0.2, -0.15) is 0 Å². The fourth-order valence-electron chi connectivity index (χ4n) is 1.77. The summed E-state index contributed by atoms with van der Waals surface area (Å²) in [5.74, 6) is 0.852. The molecule has 2 heterocycles. The van der Waals surface area contributed by atoms with Gasteiger partial charge in [0, 0.05) is 17.1 Å². The van der Waals surface area contributed by atoms with E-state index >= 15 is 0 Å². The number of nitrogens with zero attached hydrogens (tertiary/aromatic N) is 2. The van der Waals surface area contributed by atoms with Crippen LogP contribution in [0.15, 0.2) is 54.0 Å². The Labute approximate surface area is 115 Å². The average molecular weight is 268 g/mol. The second kappa shape index (κ2) is 5.20. The average Bonchev–Trinajstić information content (AvgIpc) is 2.98. The van der Waals surface area contributed by atoms with Crippen LogP contribution in [0.25, 0.3) is 22.0 Å². The van der Waals surface area contributed by atoms with E-state index in [-0.39, 0.29) is 0 Å². The van der Waals surface area contributed by atoms with E-state index in [2.05, 4.69) is 9.97 Å². The molecule has 0 unspecified atom stereocenters. The van der Waals surface area contributed by atoms with Crippen LogP contribution < -0.4 is 4.74 Å². The third-order valence-corrected chi connectivity index (χ3v) is 3.66. The van der Waals surface area contributed by atoms with Crippen LogP contribution in [0, 0.1) is 0 Å². The van der Waals surface area contributed by atoms with Gasteiger partial charge in [-0.15, -0.1) is 11.3 Å². The second-order valence-electron chi connectivity index (χ2n) is 3.98. The van der Waals surface area contributed by atoms with Gasteiger partial charge in [0.1, 0.15) is 16.5 Å². The summed E-state index contributed by atoms with van der Waals surface area (Å²) in [6, 6.07) is 13.7. The van der Waals surface area contributed by atoms with Crippen LogP contribution in [0.4, 0.5) is 0 Å². The third kappa shape index (κ3) is 2.48. The van der Waals surface area contributed by atoms with E-state index in [1.165, 1.54) is 0 Å². The van der Waals surface area contributed by atoms with E-state index in [1.54, 1.807) is 24.6 Å². The molecule has 3 nitrogen and oxygen atoms in total. The van der Waals surface area contributed by atoms with Crippen molar-refractivity contribution in [3.63, 3.8) is 0 Å². The molecule has 0 aliphatic rings. The summed E-state index contributed by atoms with van der Waals surface area (Å²) in [6.07, 6.45) is 1.78. The second-order valence-corrected chi connectivity index (χ2v) is 4.84. The lowest BCUT2D eigenvalue weighted by atomic mass is 10.2. The number of thiazole rings is 1. The minimum absolute atomic E-state index is 0.852. The van der Waals surface area contributed by atoms with Crippen molar-refractivity contribution in [3.8, 4) is 27.7 Å². The first-order valence-corrected chi connectivity index (χ1v) is 6.76. The highest BCUT2D eigenvalue weighted by molar-refractivity contribution is 7.13. The minimum Gasteiger partial charge on any atom is -0.497 e. The highest BCUT2D eigenvalue weighted by Crippen LogP contribution is 2.28. The zero-order valence-corrected chi connectivity index (χ0v) is 11.2. The number of pyridine rings is 1. The third-order valence-electron chi connectivity index (χ3n) is 2.77. The molecule has 0 spiro atoms. The fraction of sp³-hybridized carbons (Fsp3) is 0.0667. The van der Waals surface area contributed by atoms with Crippen LogP contribution in [-0.2, 0) is 0 Å². The van der Waals surface area contributed by atoms with Crippen molar-refractivity contribution in [1.29, 1.82) is 0 Å². The lowest BCUT2D eigenvalue weighted by Gasteiger charge is -2.00. The molecule has 94 valence electrons. The van der Waals surface area contributed by atoms with Crippen LogP contribution in [0.5, 0.6) is 5.75 Å². The van der Waals surface area contributed by atoms with Gasteiger partial charge in [-0.1, -0.05) is 6.07 Å². The Balaban J connectivity index is 1.92. The number of methoxy groups -OCH3 is 1. The number of rotatable bonds is 3. The van der Waals surface area contributed by atoms with E-state index in [0.717, 1.165) is 27.7 Å². The van der Waals surface area contributed by atoms with Crippen molar-refractivity contribution in [3.05, 3.63) is 54.0 Å². The van der Waals surface area contributed by atoms with E-state index < -0.39 is 0 Å².